The van der Waals surface area contributed by atoms with E-state index in [0.29, 0.717) is 25.4 Å². The van der Waals surface area contributed by atoms with Crippen molar-refractivity contribution in [1.29, 1.82) is 0 Å². The Kier molecular flexibility index (Phi) is 2.71. The number of cyclic esters (lactones) is 1. The molecule has 2 heterocycles. The fourth-order valence-corrected chi connectivity index (χ4v) is 1.52. The fraction of sp³-hybridized carbons (Fsp3) is 0.400. The average Bonchev–Trinajstić information content (AvgIpc) is 2.24. The third-order valence-electron chi connectivity index (χ3n) is 2.36. The predicted molar refractivity (Wildman–Crippen MR) is 55.0 cm³/mol. The predicted octanol–water partition coefficient (Wildman–Crippen LogP) is 1.01. The number of anilines is 1. The van der Waals surface area contributed by atoms with Crippen molar-refractivity contribution in [3.63, 3.8) is 0 Å². The normalized spacial score (nSPS) is 16.3. The minimum absolute atomic E-state index is 0.274. The number of pyridine rings is 1. The summed E-state index contributed by atoms with van der Waals surface area (Å²) < 4.78 is 4.93. The van der Waals surface area contributed by atoms with E-state index in [-0.39, 0.29) is 6.09 Å². The van der Waals surface area contributed by atoms with Crippen LogP contribution < -0.4 is 5.73 Å². The summed E-state index contributed by atoms with van der Waals surface area (Å²) in [5.74, 6) is 0. The molecule has 0 bridgehead atoms. The summed E-state index contributed by atoms with van der Waals surface area (Å²) in [5, 5.41) is 0. The Morgan fingerprint density at radius 1 is 1.60 bits per heavy atom. The van der Waals surface area contributed by atoms with Gasteiger partial charge in [0.1, 0.15) is 0 Å². The molecular formula is C10H13N3O2. The summed E-state index contributed by atoms with van der Waals surface area (Å²) in [6, 6.07) is 1.73. The first-order valence-corrected chi connectivity index (χ1v) is 4.87. The van der Waals surface area contributed by atoms with E-state index in [4.69, 9.17) is 10.5 Å². The molecule has 1 fully saturated rings. The average molecular weight is 207 g/mol. The van der Waals surface area contributed by atoms with Gasteiger partial charge in [0.2, 0.25) is 0 Å². The Hall–Kier alpha value is -1.78. The lowest BCUT2D eigenvalue weighted by molar-refractivity contribution is 0.0701. The number of ether oxygens (including phenoxy) is 1. The number of nitrogens with zero attached hydrogens (tertiary/aromatic N) is 2. The molecule has 0 radical (unpaired) electrons. The first-order valence-electron chi connectivity index (χ1n) is 4.87. The fourth-order valence-electron chi connectivity index (χ4n) is 1.52. The van der Waals surface area contributed by atoms with Crippen LogP contribution in [0.2, 0.25) is 0 Å². The smallest absolute Gasteiger partial charge is 0.410 e. The lowest BCUT2D eigenvalue weighted by Crippen LogP contribution is -2.37. The Bertz CT molecular complexity index is 367. The van der Waals surface area contributed by atoms with E-state index in [2.05, 4.69) is 4.98 Å². The molecule has 2 rings (SSSR count). The van der Waals surface area contributed by atoms with E-state index in [9.17, 15) is 4.79 Å². The number of hydrogen-bond donors (Lipinski definition) is 1. The zero-order valence-electron chi connectivity index (χ0n) is 8.35. The van der Waals surface area contributed by atoms with Gasteiger partial charge >= 0.3 is 6.09 Å². The second kappa shape index (κ2) is 4.16. The lowest BCUT2D eigenvalue weighted by Gasteiger charge is -2.26. The molecule has 0 aliphatic carbocycles. The maximum atomic E-state index is 11.4. The van der Waals surface area contributed by atoms with Crippen molar-refractivity contribution in [2.24, 2.45) is 0 Å². The summed E-state index contributed by atoms with van der Waals surface area (Å²) in [7, 11) is 0. The molecule has 1 aromatic heterocycles. The van der Waals surface area contributed by atoms with Crippen molar-refractivity contribution >= 4 is 11.8 Å². The van der Waals surface area contributed by atoms with Crippen LogP contribution in [-0.4, -0.2) is 29.1 Å². The van der Waals surface area contributed by atoms with Gasteiger partial charge in [0, 0.05) is 30.2 Å². The van der Waals surface area contributed by atoms with Gasteiger partial charge in [-0.1, -0.05) is 0 Å². The van der Waals surface area contributed by atoms with Crippen molar-refractivity contribution in [3.8, 4) is 0 Å². The van der Waals surface area contributed by atoms with Gasteiger partial charge in [-0.2, -0.15) is 0 Å². The topological polar surface area (TPSA) is 68.4 Å². The van der Waals surface area contributed by atoms with Crippen LogP contribution >= 0.6 is 0 Å². The van der Waals surface area contributed by atoms with Gasteiger partial charge in [0.15, 0.2) is 0 Å². The molecule has 5 heteroatoms. The molecule has 0 spiro atoms. The van der Waals surface area contributed by atoms with Crippen LogP contribution in [-0.2, 0) is 11.3 Å². The molecule has 1 aliphatic heterocycles. The Labute approximate surface area is 87.8 Å². The minimum atomic E-state index is -0.274. The van der Waals surface area contributed by atoms with Crippen molar-refractivity contribution in [2.45, 2.75) is 13.0 Å². The van der Waals surface area contributed by atoms with Gasteiger partial charge in [0.25, 0.3) is 0 Å². The summed E-state index contributed by atoms with van der Waals surface area (Å²) >= 11 is 0. The first-order chi connectivity index (χ1) is 7.27. The van der Waals surface area contributed by atoms with E-state index in [1.54, 1.807) is 23.4 Å². The van der Waals surface area contributed by atoms with Gasteiger partial charge in [-0.15, -0.1) is 0 Å². The maximum Gasteiger partial charge on any atom is 0.410 e. The molecule has 0 unspecified atom stereocenters. The molecule has 2 N–H and O–H groups in total. The number of carbonyl (C=O) groups excluding carboxylic acids is 1. The Balaban J connectivity index is 2.08. The summed E-state index contributed by atoms with van der Waals surface area (Å²) in [4.78, 5) is 17.0. The summed E-state index contributed by atoms with van der Waals surface area (Å²) in [5.41, 5.74) is 7.28. The molecule has 5 nitrogen and oxygen atoms in total. The molecule has 0 atom stereocenters. The molecule has 1 aromatic rings. The van der Waals surface area contributed by atoms with Gasteiger partial charge in [0.05, 0.1) is 13.2 Å². The Morgan fingerprint density at radius 3 is 3.20 bits per heavy atom. The van der Waals surface area contributed by atoms with Crippen molar-refractivity contribution in [2.75, 3.05) is 18.9 Å². The maximum absolute atomic E-state index is 11.4. The number of rotatable bonds is 2. The molecule has 1 saturated heterocycles. The molecule has 15 heavy (non-hydrogen) atoms. The number of amides is 1. The zero-order chi connectivity index (χ0) is 10.7. The van der Waals surface area contributed by atoms with E-state index in [1.165, 1.54) is 0 Å². The van der Waals surface area contributed by atoms with E-state index in [1.807, 2.05) is 0 Å². The highest BCUT2D eigenvalue weighted by Gasteiger charge is 2.20. The van der Waals surface area contributed by atoms with Crippen LogP contribution in [0.1, 0.15) is 12.0 Å². The van der Waals surface area contributed by atoms with Crippen LogP contribution in [0.4, 0.5) is 10.5 Å². The Morgan fingerprint density at radius 2 is 2.47 bits per heavy atom. The van der Waals surface area contributed by atoms with Crippen LogP contribution in [0.15, 0.2) is 18.5 Å². The monoisotopic (exact) mass is 207 g/mol. The van der Waals surface area contributed by atoms with E-state index in [0.717, 1.165) is 12.0 Å². The second-order valence-corrected chi connectivity index (χ2v) is 3.46. The van der Waals surface area contributed by atoms with Crippen LogP contribution in [0.3, 0.4) is 0 Å². The van der Waals surface area contributed by atoms with Crippen molar-refractivity contribution in [1.82, 2.24) is 9.88 Å². The number of carbonyl (C=O) groups is 1. The quantitative estimate of drug-likeness (QED) is 0.785. The molecular weight excluding hydrogens is 194 g/mol. The number of aromatic nitrogens is 1. The standard InChI is InChI=1S/C10H13N3O2/c11-9-2-3-12-6-8(9)7-13-4-1-5-15-10(13)14/h2-3,6H,1,4-5,7H2,(H2,11,12). The van der Waals surface area contributed by atoms with Crippen LogP contribution in [0.5, 0.6) is 0 Å². The molecule has 80 valence electrons. The third kappa shape index (κ3) is 2.18. The van der Waals surface area contributed by atoms with Crippen LogP contribution in [0, 0.1) is 0 Å². The van der Waals surface area contributed by atoms with Crippen molar-refractivity contribution in [3.05, 3.63) is 24.0 Å². The van der Waals surface area contributed by atoms with Gasteiger partial charge < -0.3 is 15.4 Å². The first kappa shape index (κ1) is 9.76. The highest BCUT2D eigenvalue weighted by Crippen LogP contribution is 2.14. The number of nitrogens with two attached hydrogens (primary N) is 1. The molecule has 1 aliphatic rings. The minimum Gasteiger partial charge on any atom is -0.449 e. The molecule has 1 amide bonds. The summed E-state index contributed by atoms with van der Waals surface area (Å²) in [6.07, 6.45) is 3.90. The molecule has 0 aromatic carbocycles. The van der Waals surface area contributed by atoms with Gasteiger partial charge in [-0.05, 0) is 12.5 Å². The zero-order valence-corrected chi connectivity index (χ0v) is 8.35. The van der Waals surface area contributed by atoms with Crippen LogP contribution in [0.25, 0.3) is 0 Å². The lowest BCUT2D eigenvalue weighted by atomic mass is 10.2. The van der Waals surface area contributed by atoms with E-state index >= 15 is 0 Å². The van der Waals surface area contributed by atoms with E-state index < -0.39 is 0 Å². The summed E-state index contributed by atoms with van der Waals surface area (Å²) in [6.45, 7) is 1.70. The number of hydrogen-bond acceptors (Lipinski definition) is 4. The van der Waals surface area contributed by atoms with Gasteiger partial charge in [-0.3, -0.25) is 4.98 Å². The van der Waals surface area contributed by atoms with Crippen molar-refractivity contribution < 1.29 is 9.53 Å². The molecule has 0 saturated carbocycles. The SMILES string of the molecule is Nc1ccncc1CN1CCCOC1=O. The highest BCUT2D eigenvalue weighted by atomic mass is 16.6. The largest absolute Gasteiger partial charge is 0.449 e. The number of nitrogen functional groups attached to an aromatic ring is 1. The second-order valence-electron chi connectivity index (χ2n) is 3.46. The highest BCUT2D eigenvalue weighted by molar-refractivity contribution is 5.68. The van der Waals surface area contributed by atoms with Gasteiger partial charge in [-0.25, -0.2) is 4.79 Å². The third-order valence-corrected chi connectivity index (χ3v) is 2.36.